The monoisotopic (exact) mass is 330 g/mol. The molecule has 2 N–H and O–H groups in total. The number of rotatable bonds is 6. The van der Waals surface area contributed by atoms with Crippen LogP contribution >= 0.6 is 0 Å². The lowest BCUT2D eigenvalue weighted by Crippen LogP contribution is -2.51. The minimum absolute atomic E-state index is 0.0583. The highest BCUT2D eigenvalue weighted by molar-refractivity contribution is 5.82. The second-order valence-corrected chi connectivity index (χ2v) is 7.10. The third-order valence-electron chi connectivity index (χ3n) is 5.29. The van der Waals surface area contributed by atoms with E-state index in [-0.39, 0.29) is 11.9 Å². The van der Waals surface area contributed by atoms with Crippen molar-refractivity contribution in [3.8, 4) is 0 Å². The number of piperidine rings is 1. The first-order chi connectivity index (χ1) is 11.8. The standard InChI is InChI=1S/C19H30N4O/c1-2-7-16-14-18(22-21-16)19(24)23-13-6-4-9-17(23)11-10-15-8-3-5-12-20-15/h3,5,8,12,16-18,21-22H,2,4,6-7,9-11,13-14H2,1H3. The van der Waals surface area contributed by atoms with Gasteiger partial charge in [0, 0.05) is 30.5 Å². The van der Waals surface area contributed by atoms with Crippen molar-refractivity contribution in [2.75, 3.05) is 6.54 Å². The maximum Gasteiger partial charge on any atom is 0.241 e. The van der Waals surface area contributed by atoms with Crippen molar-refractivity contribution in [1.29, 1.82) is 0 Å². The molecule has 3 atom stereocenters. The average Bonchev–Trinajstić information content (AvgIpc) is 3.09. The normalized spacial score (nSPS) is 27.4. The molecular weight excluding hydrogens is 300 g/mol. The smallest absolute Gasteiger partial charge is 0.241 e. The van der Waals surface area contributed by atoms with Crippen molar-refractivity contribution in [2.24, 2.45) is 0 Å². The first-order valence-corrected chi connectivity index (χ1v) is 9.49. The summed E-state index contributed by atoms with van der Waals surface area (Å²) in [5, 5.41) is 0. The van der Waals surface area contributed by atoms with Crippen molar-refractivity contribution in [3.05, 3.63) is 30.1 Å². The van der Waals surface area contributed by atoms with Crippen LogP contribution in [0.25, 0.3) is 0 Å². The van der Waals surface area contributed by atoms with Crippen molar-refractivity contribution >= 4 is 5.91 Å². The molecule has 132 valence electrons. The first-order valence-electron chi connectivity index (χ1n) is 9.49. The zero-order chi connectivity index (χ0) is 16.8. The van der Waals surface area contributed by atoms with Crippen LogP contribution in [0, 0.1) is 0 Å². The number of amides is 1. The van der Waals surface area contributed by atoms with E-state index >= 15 is 0 Å². The summed E-state index contributed by atoms with van der Waals surface area (Å²) >= 11 is 0. The van der Waals surface area contributed by atoms with Gasteiger partial charge in [-0.25, -0.2) is 5.43 Å². The molecule has 2 aliphatic heterocycles. The zero-order valence-corrected chi connectivity index (χ0v) is 14.7. The van der Waals surface area contributed by atoms with Gasteiger partial charge in [-0.15, -0.1) is 0 Å². The van der Waals surface area contributed by atoms with Gasteiger partial charge in [-0.3, -0.25) is 15.2 Å². The molecule has 2 saturated heterocycles. The molecule has 0 spiro atoms. The van der Waals surface area contributed by atoms with Gasteiger partial charge in [0.05, 0.1) is 0 Å². The molecule has 2 fully saturated rings. The number of hydrogen-bond acceptors (Lipinski definition) is 4. The van der Waals surface area contributed by atoms with E-state index in [1.54, 1.807) is 0 Å². The molecule has 3 rings (SSSR count). The minimum atomic E-state index is -0.0583. The number of aromatic nitrogens is 1. The van der Waals surface area contributed by atoms with E-state index in [0.29, 0.717) is 12.1 Å². The Morgan fingerprint density at radius 2 is 2.21 bits per heavy atom. The maximum absolute atomic E-state index is 13.0. The molecular formula is C19H30N4O. The quantitative estimate of drug-likeness (QED) is 0.841. The minimum Gasteiger partial charge on any atom is -0.338 e. The van der Waals surface area contributed by atoms with Crippen molar-refractivity contribution in [1.82, 2.24) is 20.7 Å². The molecule has 0 aromatic carbocycles. The molecule has 24 heavy (non-hydrogen) atoms. The number of hydrogen-bond donors (Lipinski definition) is 2. The summed E-state index contributed by atoms with van der Waals surface area (Å²) in [5.41, 5.74) is 7.65. The second kappa shape index (κ2) is 8.58. The Morgan fingerprint density at radius 3 is 3.00 bits per heavy atom. The van der Waals surface area contributed by atoms with Gasteiger partial charge in [-0.1, -0.05) is 19.4 Å². The average molecular weight is 330 g/mol. The molecule has 1 aromatic rings. The SMILES string of the molecule is CCCC1CC(C(=O)N2CCCCC2CCc2ccccn2)NN1. The Balaban J connectivity index is 1.56. The summed E-state index contributed by atoms with van der Waals surface area (Å²) in [5.74, 6) is 0.284. The van der Waals surface area contributed by atoms with Crippen LogP contribution in [0.4, 0.5) is 0 Å². The zero-order valence-electron chi connectivity index (χ0n) is 14.7. The van der Waals surface area contributed by atoms with Gasteiger partial charge in [-0.05, 0) is 57.1 Å². The van der Waals surface area contributed by atoms with E-state index in [2.05, 4.69) is 33.7 Å². The van der Waals surface area contributed by atoms with Gasteiger partial charge < -0.3 is 4.90 Å². The Kier molecular flexibility index (Phi) is 6.21. The predicted octanol–water partition coefficient (Wildman–Crippen LogP) is 2.43. The fourth-order valence-electron chi connectivity index (χ4n) is 3.97. The summed E-state index contributed by atoms with van der Waals surface area (Å²) in [6, 6.07) is 6.80. The van der Waals surface area contributed by atoms with Crippen LogP contribution in [-0.4, -0.2) is 40.5 Å². The molecule has 0 radical (unpaired) electrons. The molecule has 5 nitrogen and oxygen atoms in total. The van der Waals surface area contributed by atoms with Crippen LogP contribution in [0.2, 0.25) is 0 Å². The van der Waals surface area contributed by atoms with Crippen LogP contribution < -0.4 is 10.9 Å². The lowest BCUT2D eigenvalue weighted by molar-refractivity contribution is -0.137. The van der Waals surface area contributed by atoms with Crippen LogP contribution in [0.1, 0.15) is 57.6 Å². The Morgan fingerprint density at radius 1 is 1.29 bits per heavy atom. The molecule has 1 aromatic heterocycles. The topological polar surface area (TPSA) is 57.3 Å². The molecule has 2 aliphatic rings. The molecule has 5 heteroatoms. The van der Waals surface area contributed by atoms with Gasteiger partial charge in [0.2, 0.25) is 5.91 Å². The summed E-state index contributed by atoms with van der Waals surface area (Å²) in [4.78, 5) is 19.5. The lowest BCUT2D eigenvalue weighted by Gasteiger charge is -2.37. The Bertz CT molecular complexity index is 521. The van der Waals surface area contributed by atoms with E-state index in [0.717, 1.165) is 57.2 Å². The largest absolute Gasteiger partial charge is 0.338 e. The third-order valence-corrected chi connectivity index (χ3v) is 5.29. The predicted molar refractivity (Wildman–Crippen MR) is 95.3 cm³/mol. The van der Waals surface area contributed by atoms with Gasteiger partial charge in [0.15, 0.2) is 0 Å². The molecule has 0 aliphatic carbocycles. The highest BCUT2D eigenvalue weighted by atomic mass is 16.2. The van der Waals surface area contributed by atoms with E-state index in [4.69, 9.17) is 0 Å². The van der Waals surface area contributed by atoms with Gasteiger partial charge in [-0.2, -0.15) is 0 Å². The van der Waals surface area contributed by atoms with E-state index in [1.807, 2.05) is 18.3 Å². The number of aryl methyl sites for hydroxylation is 1. The lowest BCUT2D eigenvalue weighted by atomic mass is 9.95. The van der Waals surface area contributed by atoms with Crippen molar-refractivity contribution < 1.29 is 4.79 Å². The van der Waals surface area contributed by atoms with Crippen LogP contribution in [0.5, 0.6) is 0 Å². The molecule has 0 saturated carbocycles. The number of nitrogens with one attached hydrogen (secondary N) is 2. The van der Waals surface area contributed by atoms with E-state index in [9.17, 15) is 4.79 Å². The van der Waals surface area contributed by atoms with Crippen LogP contribution in [-0.2, 0) is 11.2 Å². The fourth-order valence-corrected chi connectivity index (χ4v) is 3.97. The first kappa shape index (κ1) is 17.4. The van der Waals surface area contributed by atoms with Crippen molar-refractivity contribution in [3.63, 3.8) is 0 Å². The Hall–Kier alpha value is -1.46. The fraction of sp³-hybridized carbons (Fsp3) is 0.684. The van der Waals surface area contributed by atoms with Crippen LogP contribution in [0.15, 0.2) is 24.4 Å². The molecule has 0 bridgehead atoms. The van der Waals surface area contributed by atoms with Gasteiger partial charge >= 0.3 is 0 Å². The summed E-state index contributed by atoms with van der Waals surface area (Å²) < 4.78 is 0. The van der Waals surface area contributed by atoms with Crippen molar-refractivity contribution in [2.45, 2.75) is 76.4 Å². The van der Waals surface area contributed by atoms with Gasteiger partial charge in [0.1, 0.15) is 6.04 Å². The number of pyridine rings is 1. The van der Waals surface area contributed by atoms with E-state index < -0.39 is 0 Å². The highest BCUT2D eigenvalue weighted by Gasteiger charge is 2.35. The number of carbonyl (C=O) groups is 1. The third kappa shape index (κ3) is 4.33. The summed E-state index contributed by atoms with van der Waals surface area (Å²) in [6.07, 6.45) is 10.5. The van der Waals surface area contributed by atoms with Gasteiger partial charge in [0.25, 0.3) is 0 Å². The van der Waals surface area contributed by atoms with Crippen LogP contribution in [0.3, 0.4) is 0 Å². The molecule has 3 unspecified atom stereocenters. The number of carbonyl (C=O) groups excluding carboxylic acids is 1. The number of nitrogens with zero attached hydrogens (tertiary/aromatic N) is 2. The number of likely N-dealkylation sites (tertiary alicyclic amines) is 1. The number of hydrazine groups is 1. The maximum atomic E-state index is 13.0. The molecule has 1 amide bonds. The Labute approximate surface area is 145 Å². The summed E-state index contributed by atoms with van der Waals surface area (Å²) in [7, 11) is 0. The molecule has 3 heterocycles. The van der Waals surface area contributed by atoms with E-state index in [1.165, 1.54) is 6.42 Å². The highest BCUT2D eigenvalue weighted by Crippen LogP contribution is 2.23. The second-order valence-electron chi connectivity index (χ2n) is 7.10. The summed E-state index contributed by atoms with van der Waals surface area (Å²) in [6.45, 7) is 3.09.